The Morgan fingerprint density at radius 1 is 0.738 bits per heavy atom. The zero-order valence-electron chi connectivity index (χ0n) is 23.3. The van der Waals surface area contributed by atoms with Gasteiger partial charge in [-0.05, 0) is 36.6 Å². The Hall–Kier alpha value is -4.18. The topological polar surface area (TPSA) is 50.5 Å². The number of alkyl halides is 3. The largest absolute Gasteiger partial charge is 0.416 e. The maximum absolute atomic E-state index is 14.9. The first-order valence-electron chi connectivity index (χ1n) is 13.9. The third-order valence-electron chi connectivity index (χ3n) is 7.80. The second-order valence-corrected chi connectivity index (χ2v) is 10.5. The number of anilines is 1. The van der Waals surface area contributed by atoms with Crippen LogP contribution in [0.25, 0.3) is 0 Å². The normalized spacial score (nSPS) is 14.4. The van der Waals surface area contributed by atoms with Gasteiger partial charge in [0, 0.05) is 50.5 Å². The Bertz CT molecular complexity index is 1640. The molecule has 0 saturated carbocycles. The molecule has 0 aliphatic carbocycles. The van der Waals surface area contributed by atoms with Gasteiger partial charge < -0.3 is 4.90 Å². The number of aryl methyl sites for hydroxylation is 1. The van der Waals surface area contributed by atoms with Crippen LogP contribution >= 0.6 is 0 Å². The minimum atomic E-state index is -4.81. The predicted molar refractivity (Wildman–Crippen MR) is 154 cm³/mol. The van der Waals surface area contributed by atoms with E-state index in [2.05, 4.69) is 17.0 Å². The van der Waals surface area contributed by atoms with E-state index in [1.165, 1.54) is 5.56 Å². The third-order valence-corrected chi connectivity index (χ3v) is 7.80. The number of benzene rings is 3. The molecule has 1 saturated heterocycles. The highest BCUT2D eigenvalue weighted by Gasteiger charge is 2.35. The molecular formula is C32H32F4N4O2. The van der Waals surface area contributed by atoms with Crippen molar-refractivity contribution in [2.24, 2.45) is 0 Å². The van der Waals surface area contributed by atoms with Crippen molar-refractivity contribution in [3.05, 3.63) is 133 Å². The second kappa shape index (κ2) is 12.4. The van der Waals surface area contributed by atoms with Gasteiger partial charge in [-0.3, -0.25) is 18.8 Å². The Morgan fingerprint density at radius 3 is 1.98 bits per heavy atom. The van der Waals surface area contributed by atoms with Gasteiger partial charge in [0.1, 0.15) is 11.5 Å². The molecule has 0 radical (unpaired) electrons. The Labute approximate surface area is 241 Å². The molecule has 3 aromatic carbocycles. The zero-order valence-corrected chi connectivity index (χ0v) is 23.3. The van der Waals surface area contributed by atoms with Crippen molar-refractivity contribution in [1.29, 1.82) is 0 Å². The number of hydrogen-bond donors (Lipinski definition) is 0. The summed E-state index contributed by atoms with van der Waals surface area (Å²) in [6, 6.07) is 22.1. The Kier molecular flexibility index (Phi) is 8.63. The van der Waals surface area contributed by atoms with Crippen LogP contribution in [0.5, 0.6) is 0 Å². The highest BCUT2D eigenvalue weighted by atomic mass is 19.4. The number of aromatic nitrogens is 2. The first-order valence-corrected chi connectivity index (χ1v) is 13.9. The van der Waals surface area contributed by atoms with Gasteiger partial charge in [-0.1, -0.05) is 66.7 Å². The van der Waals surface area contributed by atoms with Crippen LogP contribution in [0.3, 0.4) is 0 Å². The number of halogens is 4. The van der Waals surface area contributed by atoms with Crippen LogP contribution in [0, 0.1) is 12.7 Å². The third kappa shape index (κ3) is 6.33. The number of piperazine rings is 1. The van der Waals surface area contributed by atoms with E-state index in [-0.39, 0.29) is 17.9 Å². The summed E-state index contributed by atoms with van der Waals surface area (Å²) in [5.74, 6) is -1.06. The molecule has 0 atom stereocenters. The lowest BCUT2D eigenvalue weighted by molar-refractivity contribution is -0.138. The molecule has 6 nitrogen and oxygen atoms in total. The van der Waals surface area contributed by atoms with Crippen molar-refractivity contribution < 1.29 is 17.6 Å². The monoisotopic (exact) mass is 580 g/mol. The quantitative estimate of drug-likeness (QED) is 0.273. The predicted octanol–water partition coefficient (Wildman–Crippen LogP) is 5.09. The average molecular weight is 581 g/mol. The summed E-state index contributed by atoms with van der Waals surface area (Å²) in [5, 5.41) is 0. The summed E-state index contributed by atoms with van der Waals surface area (Å²) < 4.78 is 58.5. The molecule has 0 spiro atoms. The van der Waals surface area contributed by atoms with Crippen molar-refractivity contribution >= 4 is 5.69 Å². The number of hydrogen-bond acceptors (Lipinski definition) is 4. The van der Waals surface area contributed by atoms with Gasteiger partial charge in [0.2, 0.25) is 0 Å². The van der Waals surface area contributed by atoms with Crippen LogP contribution in [0.4, 0.5) is 23.2 Å². The van der Waals surface area contributed by atoms with Gasteiger partial charge in [-0.2, -0.15) is 13.2 Å². The van der Waals surface area contributed by atoms with E-state index in [1.54, 1.807) is 6.92 Å². The van der Waals surface area contributed by atoms with E-state index in [9.17, 15) is 27.2 Å². The lowest BCUT2D eigenvalue weighted by Crippen LogP contribution is -2.51. The van der Waals surface area contributed by atoms with E-state index in [0.29, 0.717) is 32.6 Å². The fourth-order valence-corrected chi connectivity index (χ4v) is 5.53. The van der Waals surface area contributed by atoms with Crippen molar-refractivity contribution in [1.82, 2.24) is 14.0 Å². The molecule has 0 N–H and O–H groups in total. The molecule has 1 aliphatic rings. The molecule has 0 unspecified atom stereocenters. The minimum absolute atomic E-state index is 0.0341. The molecule has 1 aromatic heterocycles. The average Bonchev–Trinajstić information content (AvgIpc) is 2.97. The molecule has 4 aromatic rings. The van der Waals surface area contributed by atoms with Crippen LogP contribution in [0.2, 0.25) is 0 Å². The van der Waals surface area contributed by atoms with Crippen LogP contribution in [0.1, 0.15) is 27.9 Å². The summed E-state index contributed by atoms with van der Waals surface area (Å²) in [6.45, 7) is 3.97. The van der Waals surface area contributed by atoms with Crippen LogP contribution in [0.15, 0.2) is 88.5 Å². The van der Waals surface area contributed by atoms with Gasteiger partial charge in [0.05, 0.1) is 12.1 Å². The van der Waals surface area contributed by atoms with Gasteiger partial charge >= 0.3 is 11.9 Å². The summed E-state index contributed by atoms with van der Waals surface area (Å²) in [5.41, 5.74) is -0.499. The Morgan fingerprint density at radius 2 is 1.36 bits per heavy atom. The van der Waals surface area contributed by atoms with Crippen molar-refractivity contribution in [2.75, 3.05) is 31.1 Å². The first kappa shape index (κ1) is 29.3. The maximum atomic E-state index is 14.9. The van der Waals surface area contributed by atoms with Crippen molar-refractivity contribution in [2.45, 2.75) is 39.2 Å². The zero-order chi connectivity index (χ0) is 29.9. The van der Waals surface area contributed by atoms with E-state index < -0.39 is 40.9 Å². The van der Waals surface area contributed by atoms with Gasteiger partial charge in [0.25, 0.3) is 5.56 Å². The molecule has 2 heterocycles. The van der Waals surface area contributed by atoms with E-state index in [0.717, 1.165) is 39.4 Å². The number of nitrogens with zero attached hydrogens (tertiary/aromatic N) is 4. The highest BCUT2D eigenvalue weighted by Crippen LogP contribution is 2.33. The van der Waals surface area contributed by atoms with Crippen LogP contribution in [-0.2, 0) is 32.2 Å². The van der Waals surface area contributed by atoms with E-state index in [1.807, 2.05) is 53.4 Å². The molecule has 5 rings (SSSR count). The summed E-state index contributed by atoms with van der Waals surface area (Å²) in [4.78, 5) is 31.7. The molecule has 1 fully saturated rings. The smallest absolute Gasteiger partial charge is 0.363 e. The lowest BCUT2D eigenvalue weighted by Gasteiger charge is -2.37. The summed E-state index contributed by atoms with van der Waals surface area (Å²) in [6.07, 6.45) is -4.44. The molecule has 42 heavy (non-hydrogen) atoms. The standard InChI is InChI=1S/C32H32F4N4O2/c1-23-29(38-19-17-37(18-20-38)21-25-11-6-3-7-12-25)30(41)39(16-15-24-9-4-2-5-10-24)31(42)40(23)22-26-27(32(34,35)36)13-8-14-28(26)33/h2-14H,15-22H2,1H3. The van der Waals surface area contributed by atoms with Gasteiger partial charge in [0.15, 0.2) is 0 Å². The summed E-state index contributed by atoms with van der Waals surface area (Å²) in [7, 11) is 0. The second-order valence-electron chi connectivity index (χ2n) is 10.5. The SMILES string of the molecule is Cc1c(N2CCN(Cc3ccccc3)CC2)c(=O)n(CCc2ccccc2)c(=O)n1Cc1c(F)cccc1C(F)(F)F. The van der Waals surface area contributed by atoms with Crippen LogP contribution in [-0.4, -0.2) is 40.2 Å². The molecule has 1 aliphatic heterocycles. The fraction of sp³-hybridized carbons (Fsp3) is 0.312. The van der Waals surface area contributed by atoms with E-state index >= 15 is 0 Å². The molecule has 220 valence electrons. The van der Waals surface area contributed by atoms with Crippen molar-refractivity contribution in [3.8, 4) is 0 Å². The molecule has 0 amide bonds. The molecule has 10 heteroatoms. The number of rotatable bonds is 8. The fourth-order valence-electron chi connectivity index (χ4n) is 5.53. The highest BCUT2D eigenvalue weighted by molar-refractivity contribution is 5.50. The maximum Gasteiger partial charge on any atom is 0.416 e. The molecular weight excluding hydrogens is 548 g/mol. The molecule has 0 bridgehead atoms. The van der Waals surface area contributed by atoms with Crippen LogP contribution < -0.4 is 16.1 Å². The first-order chi connectivity index (χ1) is 20.1. The minimum Gasteiger partial charge on any atom is -0.363 e. The van der Waals surface area contributed by atoms with Gasteiger partial charge in [-0.25, -0.2) is 9.18 Å². The van der Waals surface area contributed by atoms with Gasteiger partial charge in [-0.15, -0.1) is 0 Å². The summed E-state index contributed by atoms with van der Waals surface area (Å²) >= 11 is 0. The van der Waals surface area contributed by atoms with E-state index in [4.69, 9.17) is 0 Å². The van der Waals surface area contributed by atoms with Crippen molar-refractivity contribution in [3.63, 3.8) is 0 Å². The Balaban J connectivity index is 1.52. The lowest BCUT2D eigenvalue weighted by atomic mass is 10.1.